The number of aliphatic imine (C=N–C) groups is 1. The van der Waals surface area contributed by atoms with Crippen molar-refractivity contribution in [1.29, 1.82) is 5.26 Å². The van der Waals surface area contributed by atoms with Crippen LogP contribution in [0.5, 0.6) is 5.75 Å². The topological polar surface area (TPSA) is 54.6 Å². The van der Waals surface area contributed by atoms with Crippen LogP contribution in [0.2, 0.25) is 0 Å². The molecular formula is C20H24N2O2. The molecule has 0 radical (unpaired) electrons. The van der Waals surface area contributed by atoms with Gasteiger partial charge in [0.25, 0.3) is 0 Å². The molecule has 1 aromatic rings. The summed E-state index contributed by atoms with van der Waals surface area (Å²) in [5.74, 6) is 1.50. The number of nitrogens with zero attached hydrogens (tertiary/aromatic N) is 2. The van der Waals surface area contributed by atoms with E-state index in [0.717, 1.165) is 36.5 Å². The maximum absolute atomic E-state index is 9.14. The standard InChI is InChI=1S/C20H24N2O2/c21-14-22-18-12-20(9-4-10-23-13-20)24-19-8-7-16(11-17(18)19)15-5-2-1-3-6-15/h7-8,11,15H,1-6,9-10,12-13H2. The van der Waals surface area contributed by atoms with Gasteiger partial charge < -0.3 is 9.47 Å². The van der Waals surface area contributed by atoms with E-state index in [4.69, 9.17) is 14.7 Å². The maximum atomic E-state index is 9.14. The highest BCUT2D eigenvalue weighted by Crippen LogP contribution is 2.41. The third kappa shape index (κ3) is 2.93. The SMILES string of the molecule is N#CN=C1CC2(CCCOC2)Oc2ccc(C3CCCCC3)cc21. The van der Waals surface area contributed by atoms with Crippen LogP contribution in [0.4, 0.5) is 0 Å². The fraction of sp³-hybridized carbons (Fsp3) is 0.600. The van der Waals surface area contributed by atoms with Gasteiger partial charge in [-0.1, -0.05) is 25.3 Å². The molecule has 1 spiro atoms. The Morgan fingerprint density at radius 1 is 1.17 bits per heavy atom. The number of benzene rings is 1. The Bertz CT molecular complexity index is 677. The fourth-order valence-corrected chi connectivity index (χ4v) is 4.43. The van der Waals surface area contributed by atoms with E-state index >= 15 is 0 Å². The molecule has 126 valence electrons. The number of hydrogen-bond acceptors (Lipinski definition) is 4. The molecule has 2 fully saturated rings. The number of nitriles is 1. The predicted molar refractivity (Wildman–Crippen MR) is 92.4 cm³/mol. The average molecular weight is 324 g/mol. The molecule has 1 saturated carbocycles. The second-order valence-corrected chi connectivity index (χ2v) is 7.37. The maximum Gasteiger partial charge on any atom is 0.205 e. The van der Waals surface area contributed by atoms with Crippen molar-refractivity contribution in [1.82, 2.24) is 0 Å². The van der Waals surface area contributed by atoms with Crippen LogP contribution in [0, 0.1) is 11.5 Å². The number of ether oxygens (including phenoxy) is 2. The normalized spacial score (nSPS) is 29.0. The van der Waals surface area contributed by atoms with Crippen molar-refractivity contribution in [2.24, 2.45) is 4.99 Å². The predicted octanol–water partition coefficient (Wildman–Crippen LogP) is 4.34. The van der Waals surface area contributed by atoms with Gasteiger partial charge >= 0.3 is 0 Å². The molecule has 4 nitrogen and oxygen atoms in total. The van der Waals surface area contributed by atoms with Gasteiger partial charge in [0.15, 0.2) is 0 Å². The van der Waals surface area contributed by atoms with Gasteiger partial charge in [0.2, 0.25) is 6.19 Å². The van der Waals surface area contributed by atoms with Crippen LogP contribution >= 0.6 is 0 Å². The third-order valence-corrected chi connectivity index (χ3v) is 5.68. The summed E-state index contributed by atoms with van der Waals surface area (Å²) < 4.78 is 12.0. The Kier molecular flexibility index (Phi) is 4.28. The lowest BCUT2D eigenvalue weighted by molar-refractivity contribution is -0.0661. The molecule has 0 bridgehead atoms. The summed E-state index contributed by atoms with van der Waals surface area (Å²) in [6.45, 7) is 1.38. The zero-order valence-corrected chi connectivity index (χ0v) is 14.1. The fourth-order valence-electron chi connectivity index (χ4n) is 4.43. The van der Waals surface area contributed by atoms with E-state index in [-0.39, 0.29) is 5.60 Å². The van der Waals surface area contributed by atoms with Crippen molar-refractivity contribution in [3.8, 4) is 11.9 Å². The molecule has 0 N–H and O–H groups in total. The zero-order valence-electron chi connectivity index (χ0n) is 14.1. The van der Waals surface area contributed by atoms with Crippen LogP contribution in [-0.2, 0) is 4.74 Å². The Morgan fingerprint density at radius 3 is 2.79 bits per heavy atom. The van der Waals surface area contributed by atoms with Gasteiger partial charge in [0.1, 0.15) is 11.4 Å². The monoisotopic (exact) mass is 324 g/mol. The minimum absolute atomic E-state index is 0.340. The summed E-state index contributed by atoms with van der Waals surface area (Å²) in [7, 11) is 0. The second-order valence-electron chi connectivity index (χ2n) is 7.37. The van der Waals surface area contributed by atoms with Gasteiger partial charge in [-0.2, -0.15) is 10.3 Å². The van der Waals surface area contributed by atoms with Crippen molar-refractivity contribution in [3.63, 3.8) is 0 Å². The molecule has 1 unspecified atom stereocenters. The molecule has 0 amide bonds. The van der Waals surface area contributed by atoms with Crippen molar-refractivity contribution in [3.05, 3.63) is 29.3 Å². The Balaban J connectivity index is 1.68. The second kappa shape index (κ2) is 6.57. The number of hydrogen-bond donors (Lipinski definition) is 0. The summed E-state index contributed by atoms with van der Waals surface area (Å²) in [5, 5.41) is 9.14. The van der Waals surface area contributed by atoms with Gasteiger partial charge in [-0.25, -0.2) is 0 Å². The van der Waals surface area contributed by atoms with Crippen molar-refractivity contribution < 1.29 is 9.47 Å². The van der Waals surface area contributed by atoms with Gasteiger partial charge in [-0.3, -0.25) is 0 Å². The molecule has 0 aromatic heterocycles. The quantitative estimate of drug-likeness (QED) is 0.722. The van der Waals surface area contributed by atoms with E-state index in [9.17, 15) is 0 Å². The summed E-state index contributed by atoms with van der Waals surface area (Å²) in [6, 6.07) is 6.52. The lowest BCUT2D eigenvalue weighted by Gasteiger charge is -2.41. The summed E-state index contributed by atoms with van der Waals surface area (Å²) in [6.07, 6.45) is 11.1. The lowest BCUT2D eigenvalue weighted by atomic mass is 9.81. The highest BCUT2D eigenvalue weighted by Gasteiger charge is 2.41. The first-order chi connectivity index (χ1) is 11.8. The van der Waals surface area contributed by atoms with E-state index in [1.54, 1.807) is 0 Å². The molecule has 2 aliphatic heterocycles. The van der Waals surface area contributed by atoms with Crippen molar-refractivity contribution >= 4 is 5.71 Å². The van der Waals surface area contributed by atoms with E-state index in [0.29, 0.717) is 18.9 Å². The molecule has 4 rings (SSSR count). The zero-order chi connectivity index (χ0) is 16.4. The van der Waals surface area contributed by atoms with Gasteiger partial charge in [-0.05, 0) is 49.3 Å². The smallest absolute Gasteiger partial charge is 0.205 e. The highest BCUT2D eigenvalue weighted by molar-refractivity contribution is 6.05. The molecule has 1 aromatic carbocycles. The average Bonchev–Trinajstić information content (AvgIpc) is 2.63. The molecule has 1 aliphatic carbocycles. The first kappa shape index (κ1) is 15.7. The lowest BCUT2D eigenvalue weighted by Crippen LogP contribution is -2.48. The first-order valence-corrected chi connectivity index (χ1v) is 9.16. The Morgan fingerprint density at radius 2 is 2.04 bits per heavy atom. The van der Waals surface area contributed by atoms with Crippen LogP contribution in [0.25, 0.3) is 0 Å². The van der Waals surface area contributed by atoms with E-state index < -0.39 is 0 Å². The summed E-state index contributed by atoms with van der Waals surface area (Å²) >= 11 is 0. The van der Waals surface area contributed by atoms with Crippen LogP contribution in [-0.4, -0.2) is 24.5 Å². The molecule has 2 heterocycles. The van der Waals surface area contributed by atoms with Crippen LogP contribution in [0.3, 0.4) is 0 Å². The molecule has 1 atom stereocenters. The molecule has 1 saturated heterocycles. The van der Waals surface area contributed by atoms with Crippen LogP contribution in [0.1, 0.15) is 68.4 Å². The van der Waals surface area contributed by atoms with Crippen molar-refractivity contribution in [2.75, 3.05) is 13.2 Å². The minimum Gasteiger partial charge on any atom is -0.484 e. The third-order valence-electron chi connectivity index (χ3n) is 5.68. The van der Waals surface area contributed by atoms with Crippen molar-refractivity contribution in [2.45, 2.75) is 62.9 Å². The molecule has 4 heteroatoms. The summed E-state index contributed by atoms with van der Waals surface area (Å²) in [5.41, 5.74) is 2.91. The number of rotatable bonds is 1. The summed E-state index contributed by atoms with van der Waals surface area (Å²) in [4.78, 5) is 4.15. The Labute approximate surface area is 143 Å². The highest BCUT2D eigenvalue weighted by atomic mass is 16.5. The largest absolute Gasteiger partial charge is 0.484 e. The van der Waals surface area contributed by atoms with Crippen LogP contribution < -0.4 is 4.74 Å². The molecule has 3 aliphatic rings. The van der Waals surface area contributed by atoms with Crippen LogP contribution in [0.15, 0.2) is 23.2 Å². The van der Waals surface area contributed by atoms with Gasteiger partial charge in [0, 0.05) is 18.6 Å². The van der Waals surface area contributed by atoms with E-state index in [1.807, 2.05) is 6.19 Å². The van der Waals surface area contributed by atoms with Gasteiger partial charge in [0.05, 0.1) is 12.3 Å². The minimum atomic E-state index is -0.340. The van der Waals surface area contributed by atoms with E-state index in [1.165, 1.54) is 37.7 Å². The molecule has 24 heavy (non-hydrogen) atoms. The van der Waals surface area contributed by atoms with E-state index in [2.05, 4.69) is 23.2 Å². The first-order valence-electron chi connectivity index (χ1n) is 9.16. The molecular weight excluding hydrogens is 300 g/mol. The number of fused-ring (bicyclic) bond motifs is 1. The van der Waals surface area contributed by atoms with Gasteiger partial charge in [-0.15, -0.1) is 0 Å². The Hall–Kier alpha value is -1.86.